The number of carbonyl (C=O) groups is 2. The van der Waals surface area contributed by atoms with Gasteiger partial charge in [-0.25, -0.2) is 0 Å². The molecule has 1 N–H and O–H groups in total. The molecule has 2 heterocycles. The van der Waals surface area contributed by atoms with Gasteiger partial charge in [-0.05, 0) is 30.5 Å². The second-order valence-electron chi connectivity index (χ2n) is 7.73. The fraction of sp³-hybridized carbons (Fsp3) is 0.261. The summed E-state index contributed by atoms with van der Waals surface area (Å²) in [4.78, 5) is 27.1. The Labute approximate surface area is 173 Å². The van der Waals surface area contributed by atoms with Crippen molar-refractivity contribution in [2.75, 3.05) is 18.6 Å². The molecule has 152 valence electrons. The van der Waals surface area contributed by atoms with E-state index in [-0.39, 0.29) is 23.6 Å². The predicted molar refractivity (Wildman–Crippen MR) is 110 cm³/mol. The van der Waals surface area contributed by atoms with Crippen molar-refractivity contribution in [3.8, 4) is 5.75 Å². The zero-order chi connectivity index (χ0) is 20.7. The molecule has 2 aliphatic rings. The highest BCUT2D eigenvalue weighted by atomic mass is 16.5. The Hall–Kier alpha value is -3.61. The summed E-state index contributed by atoms with van der Waals surface area (Å²) in [6.45, 7) is 0.0462. The van der Waals surface area contributed by atoms with Crippen molar-refractivity contribution in [1.82, 2.24) is 10.5 Å². The summed E-state index contributed by atoms with van der Waals surface area (Å²) in [6.07, 6.45) is 1.90. The smallest absolute Gasteiger partial charge is 0.274 e. The topological polar surface area (TPSA) is 84.7 Å². The third-order valence-electron chi connectivity index (χ3n) is 5.86. The summed E-state index contributed by atoms with van der Waals surface area (Å²) >= 11 is 0. The monoisotopic (exact) mass is 403 g/mol. The van der Waals surface area contributed by atoms with Gasteiger partial charge in [0.1, 0.15) is 24.2 Å². The number of nitrogens with zero attached hydrogens (tertiary/aromatic N) is 2. The third-order valence-corrected chi connectivity index (χ3v) is 5.86. The van der Waals surface area contributed by atoms with Gasteiger partial charge in [-0.2, -0.15) is 0 Å². The Bertz CT molecular complexity index is 1100. The molecule has 1 saturated carbocycles. The van der Waals surface area contributed by atoms with Crippen LogP contribution in [-0.2, 0) is 10.2 Å². The molecule has 7 heteroatoms. The van der Waals surface area contributed by atoms with Gasteiger partial charge in [-0.15, -0.1) is 0 Å². The molecule has 2 amide bonds. The molecule has 5 rings (SSSR count). The molecule has 1 aromatic heterocycles. The van der Waals surface area contributed by atoms with E-state index in [1.807, 2.05) is 30.3 Å². The minimum absolute atomic E-state index is 0.0462. The summed E-state index contributed by atoms with van der Waals surface area (Å²) in [7, 11) is 1.67. The van der Waals surface area contributed by atoms with Crippen molar-refractivity contribution >= 4 is 17.5 Å². The van der Waals surface area contributed by atoms with Gasteiger partial charge >= 0.3 is 0 Å². The van der Waals surface area contributed by atoms with E-state index in [1.54, 1.807) is 25.2 Å². The number of benzene rings is 2. The van der Waals surface area contributed by atoms with Crippen molar-refractivity contribution < 1.29 is 18.8 Å². The first-order valence-corrected chi connectivity index (χ1v) is 9.91. The number of likely N-dealkylation sites (N-methyl/N-ethyl adjacent to an activating group) is 1. The van der Waals surface area contributed by atoms with E-state index in [4.69, 9.17) is 9.26 Å². The summed E-state index contributed by atoms with van der Waals surface area (Å²) in [5, 5.41) is 6.71. The van der Waals surface area contributed by atoms with Crippen molar-refractivity contribution in [1.29, 1.82) is 0 Å². The fourth-order valence-corrected chi connectivity index (χ4v) is 3.96. The van der Waals surface area contributed by atoms with Crippen LogP contribution in [0, 0.1) is 0 Å². The van der Waals surface area contributed by atoms with E-state index in [1.165, 1.54) is 4.90 Å². The number of rotatable bonds is 4. The average Bonchev–Trinajstić information content (AvgIpc) is 3.47. The molecular formula is C23H21N3O4. The highest BCUT2D eigenvalue weighted by Gasteiger charge is 2.49. The van der Waals surface area contributed by atoms with Crippen LogP contribution in [0.25, 0.3) is 0 Å². The largest absolute Gasteiger partial charge is 0.489 e. The van der Waals surface area contributed by atoms with Gasteiger partial charge in [0, 0.05) is 13.1 Å². The van der Waals surface area contributed by atoms with Gasteiger partial charge < -0.3 is 19.5 Å². The lowest BCUT2D eigenvalue weighted by atomic mass is 9.93. The SMILES string of the molecule is CN1C(=O)C(NC(=O)c2cc(C3(c4ccccc4)CC3)on2)COc2ccccc21. The Morgan fingerprint density at radius 3 is 2.63 bits per heavy atom. The molecule has 30 heavy (non-hydrogen) atoms. The highest BCUT2D eigenvalue weighted by molar-refractivity contribution is 6.02. The lowest BCUT2D eigenvalue weighted by molar-refractivity contribution is -0.120. The second kappa shape index (κ2) is 7.02. The molecular weight excluding hydrogens is 382 g/mol. The maximum absolute atomic E-state index is 12.8. The molecule has 0 saturated heterocycles. The maximum Gasteiger partial charge on any atom is 0.274 e. The number of hydrogen-bond acceptors (Lipinski definition) is 5. The number of ether oxygens (including phenoxy) is 1. The van der Waals surface area contributed by atoms with Gasteiger partial charge in [-0.3, -0.25) is 9.59 Å². The number of hydrogen-bond donors (Lipinski definition) is 1. The molecule has 0 spiro atoms. The second-order valence-corrected chi connectivity index (χ2v) is 7.73. The van der Waals surface area contributed by atoms with Gasteiger partial charge in [0.2, 0.25) is 0 Å². The zero-order valence-electron chi connectivity index (χ0n) is 16.5. The lowest BCUT2D eigenvalue weighted by Gasteiger charge is -2.19. The molecule has 1 fully saturated rings. The normalized spacial score (nSPS) is 19.4. The van der Waals surface area contributed by atoms with Crippen LogP contribution >= 0.6 is 0 Å². The molecule has 1 unspecified atom stereocenters. The number of fused-ring (bicyclic) bond motifs is 1. The summed E-state index contributed by atoms with van der Waals surface area (Å²) in [6, 6.07) is 18.2. The van der Waals surface area contributed by atoms with Gasteiger partial charge in [0.15, 0.2) is 5.69 Å². The van der Waals surface area contributed by atoms with Crippen LogP contribution in [-0.4, -0.2) is 36.7 Å². The molecule has 2 aromatic carbocycles. The minimum Gasteiger partial charge on any atom is -0.489 e. The number of amides is 2. The zero-order valence-corrected chi connectivity index (χ0v) is 16.5. The van der Waals surface area contributed by atoms with Crippen molar-refractivity contribution in [3.63, 3.8) is 0 Å². The first-order chi connectivity index (χ1) is 14.6. The Kier molecular flexibility index (Phi) is 4.31. The molecule has 0 bridgehead atoms. The summed E-state index contributed by atoms with van der Waals surface area (Å²) in [5.74, 6) is 0.564. The van der Waals surface area contributed by atoms with E-state index < -0.39 is 11.9 Å². The fourth-order valence-electron chi connectivity index (χ4n) is 3.96. The van der Waals surface area contributed by atoms with Crippen LogP contribution in [0.2, 0.25) is 0 Å². The third kappa shape index (κ3) is 3.03. The lowest BCUT2D eigenvalue weighted by Crippen LogP contribution is -2.49. The number of aromatic nitrogens is 1. The molecule has 1 aliphatic heterocycles. The van der Waals surface area contributed by atoms with E-state index in [2.05, 4.69) is 22.6 Å². The number of nitrogens with one attached hydrogen (secondary N) is 1. The van der Waals surface area contributed by atoms with E-state index in [0.29, 0.717) is 17.2 Å². The van der Waals surface area contributed by atoms with Gasteiger partial charge in [-0.1, -0.05) is 47.6 Å². The van der Waals surface area contributed by atoms with Crippen LogP contribution < -0.4 is 15.0 Å². The Morgan fingerprint density at radius 2 is 1.87 bits per heavy atom. The quantitative estimate of drug-likeness (QED) is 0.724. The number of anilines is 1. The van der Waals surface area contributed by atoms with Gasteiger partial charge in [0.25, 0.3) is 11.8 Å². The van der Waals surface area contributed by atoms with Crippen molar-refractivity contribution in [2.24, 2.45) is 0 Å². The van der Waals surface area contributed by atoms with E-state index >= 15 is 0 Å². The van der Waals surface area contributed by atoms with Crippen LogP contribution in [0.3, 0.4) is 0 Å². The minimum atomic E-state index is -0.820. The molecule has 3 aromatic rings. The molecule has 1 aliphatic carbocycles. The van der Waals surface area contributed by atoms with Crippen molar-refractivity contribution in [2.45, 2.75) is 24.3 Å². The van der Waals surface area contributed by atoms with Gasteiger partial charge in [0.05, 0.1) is 11.1 Å². The first kappa shape index (κ1) is 18.4. The predicted octanol–water partition coefficient (Wildman–Crippen LogP) is 2.91. The summed E-state index contributed by atoms with van der Waals surface area (Å²) < 4.78 is 11.3. The maximum atomic E-state index is 12.8. The number of para-hydroxylation sites is 2. The Morgan fingerprint density at radius 1 is 1.13 bits per heavy atom. The van der Waals surface area contributed by atoms with E-state index in [9.17, 15) is 9.59 Å². The van der Waals surface area contributed by atoms with E-state index in [0.717, 1.165) is 18.4 Å². The Balaban J connectivity index is 1.33. The molecule has 0 radical (unpaired) electrons. The van der Waals surface area contributed by atoms with Crippen LogP contribution in [0.4, 0.5) is 5.69 Å². The molecule has 7 nitrogen and oxygen atoms in total. The van der Waals surface area contributed by atoms with Crippen molar-refractivity contribution in [3.05, 3.63) is 77.7 Å². The standard InChI is InChI=1S/C23H21N3O4/c1-26-18-9-5-6-10-19(18)29-14-17(22(26)28)24-21(27)16-13-20(30-25-16)23(11-12-23)15-7-3-2-4-8-15/h2-10,13,17H,11-12,14H2,1H3,(H,24,27). The average molecular weight is 403 g/mol. The highest BCUT2D eigenvalue weighted by Crippen LogP contribution is 2.53. The van der Waals surface area contributed by atoms with Crippen LogP contribution in [0.15, 0.2) is 65.2 Å². The molecule has 1 atom stereocenters. The van der Waals surface area contributed by atoms with Crippen LogP contribution in [0.5, 0.6) is 5.75 Å². The summed E-state index contributed by atoms with van der Waals surface area (Å²) in [5.41, 5.74) is 1.77. The van der Waals surface area contributed by atoms with Crippen LogP contribution in [0.1, 0.15) is 34.7 Å². The number of carbonyl (C=O) groups excluding carboxylic acids is 2. The first-order valence-electron chi connectivity index (χ1n) is 9.91.